The number of aromatic nitrogens is 1. The molecule has 2 N–H and O–H groups in total. The average Bonchev–Trinajstić information content (AvgIpc) is 3.24. The summed E-state index contributed by atoms with van der Waals surface area (Å²) >= 11 is 11.9. The molecule has 0 aliphatic carbocycles. The first-order valence-electron chi connectivity index (χ1n) is 8.92. The molecule has 0 atom stereocenters. The third kappa shape index (κ3) is 5.08. The molecule has 0 aromatic carbocycles. The zero-order valence-electron chi connectivity index (χ0n) is 15.5. The third-order valence-electron chi connectivity index (χ3n) is 4.32. The van der Waals surface area contributed by atoms with Crippen molar-refractivity contribution in [3.63, 3.8) is 0 Å². The second kappa shape index (κ2) is 9.66. The fourth-order valence-electron chi connectivity index (χ4n) is 2.91. The molecule has 0 saturated carbocycles. The summed E-state index contributed by atoms with van der Waals surface area (Å²) in [6, 6.07) is 5.05. The highest BCUT2D eigenvalue weighted by atomic mass is 35.5. The summed E-state index contributed by atoms with van der Waals surface area (Å²) < 4.78 is 5.19. The van der Waals surface area contributed by atoms with Crippen LogP contribution in [0.5, 0.6) is 0 Å². The maximum Gasteiger partial charge on any atom is 0.289 e. The van der Waals surface area contributed by atoms with Crippen LogP contribution in [0.2, 0.25) is 10.0 Å². The van der Waals surface area contributed by atoms with Crippen LogP contribution >= 0.6 is 23.2 Å². The Kier molecular flexibility index (Phi) is 7.00. The van der Waals surface area contributed by atoms with Crippen LogP contribution in [0, 0.1) is 0 Å². The fourth-order valence-corrected chi connectivity index (χ4v) is 3.36. The highest BCUT2D eigenvalue weighted by Gasteiger charge is 2.25. The van der Waals surface area contributed by atoms with Gasteiger partial charge in [0.15, 0.2) is 11.7 Å². The van der Waals surface area contributed by atoms with Crippen LogP contribution in [0.4, 0.5) is 5.82 Å². The SMILES string of the molecule is CN=C(NCCNc1ncc(Cl)cc1Cl)N1CCN(C(=O)c2ccco2)CC1. The number of amides is 1. The minimum atomic E-state index is -0.0795. The standard InChI is InChI=1S/C18H22Cl2N6O2/c1-21-18(23-5-4-22-16-14(20)11-13(19)12-24-16)26-8-6-25(7-9-26)17(27)15-3-2-10-28-15/h2-3,10-12H,4-9H2,1H3,(H,21,23)(H,22,24). The molecule has 2 aromatic rings. The summed E-state index contributed by atoms with van der Waals surface area (Å²) in [4.78, 5) is 24.7. The van der Waals surface area contributed by atoms with Crippen LogP contribution in [0.3, 0.4) is 0 Å². The number of nitrogens with zero attached hydrogens (tertiary/aromatic N) is 4. The number of aliphatic imine (C=N–C) groups is 1. The third-order valence-corrected chi connectivity index (χ3v) is 4.81. The molecule has 2 aromatic heterocycles. The van der Waals surface area contributed by atoms with Gasteiger partial charge in [-0.25, -0.2) is 4.98 Å². The van der Waals surface area contributed by atoms with E-state index in [1.54, 1.807) is 36.3 Å². The minimum absolute atomic E-state index is 0.0795. The van der Waals surface area contributed by atoms with Gasteiger partial charge in [0, 0.05) is 52.5 Å². The van der Waals surface area contributed by atoms with Gasteiger partial charge in [-0.2, -0.15) is 0 Å². The lowest BCUT2D eigenvalue weighted by molar-refractivity contribution is 0.0658. The molecule has 0 bridgehead atoms. The van der Waals surface area contributed by atoms with Gasteiger partial charge in [0.2, 0.25) is 0 Å². The summed E-state index contributed by atoms with van der Waals surface area (Å²) in [6.07, 6.45) is 3.06. The lowest BCUT2D eigenvalue weighted by atomic mass is 10.3. The number of piperazine rings is 1. The first-order chi connectivity index (χ1) is 13.6. The zero-order valence-corrected chi connectivity index (χ0v) is 17.0. The summed E-state index contributed by atoms with van der Waals surface area (Å²) in [6.45, 7) is 3.88. The summed E-state index contributed by atoms with van der Waals surface area (Å²) in [5.74, 6) is 1.68. The monoisotopic (exact) mass is 424 g/mol. The van der Waals surface area contributed by atoms with E-state index >= 15 is 0 Å². The first kappa shape index (κ1) is 20.3. The van der Waals surface area contributed by atoms with Gasteiger partial charge in [-0.3, -0.25) is 9.79 Å². The van der Waals surface area contributed by atoms with E-state index in [0.29, 0.717) is 60.9 Å². The molecule has 0 radical (unpaired) electrons. The van der Waals surface area contributed by atoms with Gasteiger partial charge >= 0.3 is 0 Å². The van der Waals surface area contributed by atoms with Crippen molar-refractivity contribution in [3.8, 4) is 0 Å². The molecule has 3 rings (SSSR count). The molecule has 3 heterocycles. The molecule has 150 valence electrons. The van der Waals surface area contributed by atoms with Gasteiger partial charge < -0.3 is 24.9 Å². The number of carbonyl (C=O) groups excluding carboxylic acids is 1. The quantitative estimate of drug-likeness (QED) is 0.435. The number of guanidine groups is 1. The van der Waals surface area contributed by atoms with Crippen LogP contribution < -0.4 is 10.6 Å². The van der Waals surface area contributed by atoms with Crippen molar-refractivity contribution in [2.45, 2.75) is 0 Å². The van der Waals surface area contributed by atoms with Gasteiger partial charge in [-0.1, -0.05) is 23.2 Å². The molecule has 1 aliphatic rings. The topological polar surface area (TPSA) is 86.0 Å². The second-order valence-corrected chi connectivity index (χ2v) is 6.98. The van der Waals surface area contributed by atoms with Crippen LogP contribution in [0.15, 0.2) is 40.1 Å². The Morgan fingerprint density at radius 3 is 2.64 bits per heavy atom. The lowest BCUT2D eigenvalue weighted by Gasteiger charge is -2.36. The zero-order chi connectivity index (χ0) is 19.9. The number of hydrogen-bond acceptors (Lipinski definition) is 5. The van der Waals surface area contributed by atoms with E-state index in [1.165, 1.54) is 6.26 Å². The van der Waals surface area contributed by atoms with Crippen LogP contribution in [-0.4, -0.2) is 73.0 Å². The number of rotatable bonds is 5. The predicted octanol–water partition coefficient (Wildman–Crippen LogP) is 2.43. The molecule has 1 aliphatic heterocycles. The molecule has 1 saturated heterocycles. The van der Waals surface area contributed by atoms with Crippen LogP contribution in [-0.2, 0) is 0 Å². The molecule has 10 heteroatoms. The Hall–Kier alpha value is -2.45. The van der Waals surface area contributed by atoms with Crippen molar-refractivity contribution in [1.82, 2.24) is 20.1 Å². The highest BCUT2D eigenvalue weighted by Crippen LogP contribution is 2.22. The normalized spacial score (nSPS) is 14.9. The minimum Gasteiger partial charge on any atom is -0.459 e. The Balaban J connectivity index is 1.43. The first-order valence-corrected chi connectivity index (χ1v) is 9.67. The Labute approximate surface area is 173 Å². The predicted molar refractivity (Wildman–Crippen MR) is 110 cm³/mol. The van der Waals surface area contributed by atoms with E-state index < -0.39 is 0 Å². The number of anilines is 1. The Bertz CT molecular complexity index is 819. The molecular weight excluding hydrogens is 403 g/mol. The van der Waals surface area contributed by atoms with Gasteiger partial charge in [0.25, 0.3) is 5.91 Å². The van der Waals surface area contributed by atoms with Gasteiger partial charge in [0.05, 0.1) is 16.3 Å². The summed E-state index contributed by atoms with van der Waals surface area (Å²) in [5.41, 5.74) is 0. The van der Waals surface area contributed by atoms with Crippen molar-refractivity contribution in [2.75, 3.05) is 51.6 Å². The largest absolute Gasteiger partial charge is 0.459 e. The maximum atomic E-state index is 12.3. The lowest BCUT2D eigenvalue weighted by Crippen LogP contribution is -2.54. The molecule has 8 nitrogen and oxygen atoms in total. The maximum absolute atomic E-state index is 12.3. The van der Waals surface area contributed by atoms with E-state index in [1.807, 2.05) is 0 Å². The molecule has 1 fully saturated rings. The smallest absolute Gasteiger partial charge is 0.289 e. The number of carbonyl (C=O) groups is 1. The number of furan rings is 1. The summed E-state index contributed by atoms with van der Waals surface area (Å²) in [5, 5.41) is 7.45. The second-order valence-electron chi connectivity index (χ2n) is 6.14. The molecular formula is C18H22Cl2N6O2. The van der Waals surface area contributed by atoms with Crippen LogP contribution in [0.1, 0.15) is 10.6 Å². The van der Waals surface area contributed by atoms with Crippen molar-refractivity contribution in [1.29, 1.82) is 0 Å². The Morgan fingerprint density at radius 1 is 1.25 bits per heavy atom. The van der Waals surface area contributed by atoms with E-state index in [2.05, 4.69) is 25.5 Å². The van der Waals surface area contributed by atoms with Crippen LogP contribution in [0.25, 0.3) is 0 Å². The number of pyridine rings is 1. The van der Waals surface area contributed by atoms with E-state index in [0.717, 1.165) is 5.96 Å². The molecule has 1 amide bonds. The number of nitrogens with one attached hydrogen (secondary N) is 2. The van der Waals surface area contributed by atoms with Crippen molar-refractivity contribution in [3.05, 3.63) is 46.5 Å². The van der Waals surface area contributed by atoms with E-state index in [-0.39, 0.29) is 5.91 Å². The molecule has 0 unspecified atom stereocenters. The highest BCUT2D eigenvalue weighted by molar-refractivity contribution is 6.35. The fraction of sp³-hybridized carbons (Fsp3) is 0.389. The van der Waals surface area contributed by atoms with Crippen molar-refractivity contribution in [2.24, 2.45) is 4.99 Å². The number of hydrogen-bond donors (Lipinski definition) is 2. The van der Waals surface area contributed by atoms with Gasteiger partial charge in [0.1, 0.15) is 5.82 Å². The number of halogens is 2. The van der Waals surface area contributed by atoms with E-state index in [4.69, 9.17) is 27.6 Å². The average molecular weight is 425 g/mol. The van der Waals surface area contributed by atoms with E-state index in [9.17, 15) is 4.79 Å². The molecule has 28 heavy (non-hydrogen) atoms. The Morgan fingerprint density at radius 2 is 2.00 bits per heavy atom. The van der Waals surface area contributed by atoms with Crippen molar-refractivity contribution >= 4 is 40.9 Å². The van der Waals surface area contributed by atoms with Crippen molar-refractivity contribution < 1.29 is 9.21 Å². The molecule has 0 spiro atoms. The van der Waals surface area contributed by atoms with Gasteiger partial charge in [-0.15, -0.1) is 0 Å². The summed E-state index contributed by atoms with van der Waals surface area (Å²) in [7, 11) is 1.74. The van der Waals surface area contributed by atoms with Gasteiger partial charge in [-0.05, 0) is 18.2 Å².